The molecule has 1 unspecified atom stereocenters. The molecule has 0 radical (unpaired) electrons. The van der Waals surface area contributed by atoms with Gasteiger partial charge in [-0.2, -0.15) is 18.4 Å². The van der Waals surface area contributed by atoms with Gasteiger partial charge in [-0.3, -0.25) is 0 Å². The van der Waals surface area contributed by atoms with E-state index >= 15 is 0 Å². The summed E-state index contributed by atoms with van der Waals surface area (Å²) in [5.41, 5.74) is -3.67. The first kappa shape index (κ1) is 25.9. The Hall–Kier alpha value is -3.76. The summed E-state index contributed by atoms with van der Waals surface area (Å²) in [4.78, 5) is 14.8. The van der Waals surface area contributed by atoms with E-state index in [0.29, 0.717) is 48.3 Å². The maximum absolute atomic E-state index is 12.9. The van der Waals surface area contributed by atoms with Crippen molar-refractivity contribution in [3.63, 3.8) is 0 Å². The van der Waals surface area contributed by atoms with Crippen molar-refractivity contribution < 1.29 is 21.6 Å². The number of thiazole rings is 1. The summed E-state index contributed by atoms with van der Waals surface area (Å²) < 4.78 is 63.2. The highest BCUT2D eigenvalue weighted by Gasteiger charge is 2.46. The second-order valence-electron chi connectivity index (χ2n) is 8.75. The van der Waals surface area contributed by atoms with Crippen LogP contribution in [0.15, 0.2) is 65.7 Å². The lowest BCUT2D eigenvalue weighted by molar-refractivity contribution is -0.0435. The normalized spacial score (nSPS) is 15.8. The number of rotatable bonds is 6. The molecule has 0 bridgehead atoms. The fourth-order valence-electron chi connectivity index (χ4n) is 4.28. The molecule has 8 nitrogen and oxygen atoms in total. The number of anilines is 2. The van der Waals surface area contributed by atoms with Gasteiger partial charge in [-0.25, -0.2) is 23.4 Å². The molecule has 0 aliphatic carbocycles. The Morgan fingerprint density at radius 1 is 1.08 bits per heavy atom. The lowest BCUT2D eigenvalue weighted by Gasteiger charge is -2.33. The molecule has 38 heavy (non-hydrogen) atoms. The fourth-order valence-corrected chi connectivity index (χ4v) is 6.12. The van der Waals surface area contributed by atoms with Crippen molar-refractivity contribution in [2.45, 2.75) is 35.2 Å². The van der Waals surface area contributed by atoms with Crippen molar-refractivity contribution in [1.82, 2.24) is 15.0 Å². The van der Waals surface area contributed by atoms with E-state index in [1.807, 2.05) is 29.2 Å². The van der Waals surface area contributed by atoms with Crippen LogP contribution in [0.5, 0.6) is 0 Å². The van der Waals surface area contributed by atoms with E-state index in [0.717, 1.165) is 22.3 Å². The van der Waals surface area contributed by atoms with Crippen LogP contribution in [0.4, 0.5) is 24.8 Å². The first-order chi connectivity index (χ1) is 18.2. The number of sulfone groups is 1. The van der Waals surface area contributed by atoms with Gasteiger partial charge in [-0.1, -0.05) is 18.2 Å². The minimum Gasteiger partial charge on any atom is -0.382 e. The highest BCUT2D eigenvalue weighted by atomic mass is 32.2. The molecule has 1 aliphatic heterocycles. The van der Waals surface area contributed by atoms with Gasteiger partial charge in [0.05, 0.1) is 26.9 Å². The summed E-state index contributed by atoms with van der Waals surface area (Å²) in [5.74, 6) is -0.144. The zero-order valence-electron chi connectivity index (χ0n) is 19.8. The molecule has 1 saturated heterocycles. The number of nitriles is 1. The van der Waals surface area contributed by atoms with Gasteiger partial charge in [-0.05, 0) is 49.2 Å². The van der Waals surface area contributed by atoms with Gasteiger partial charge < -0.3 is 10.2 Å². The van der Waals surface area contributed by atoms with Crippen molar-refractivity contribution in [2.75, 3.05) is 23.3 Å². The lowest BCUT2D eigenvalue weighted by atomic mass is 10.0. The van der Waals surface area contributed by atoms with Crippen LogP contribution >= 0.6 is 11.3 Å². The highest BCUT2D eigenvalue weighted by Crippen LogP contribution is 2.33. The molecule has 5 rings (SSSR count). The number of halogens is 3. The molecule has 2 aromatic carbocycles. The van der Waals surface area contributed by atoms with E-state index < -0.39 is 26.2 Å². The number of para-hydroxylation sites is 1. The number of fused-ring (bicyclic) bond motifs is 1. The molecule has 0 saturated carbocycles. The number of nitrogens with one attached hydrogen (secondary N) is 1. The van der Waals surface area contributed by atoms with E-state index in [4.69, 9.17) is 0 Å². The third kappa shape index (κ3) is 5.14. The molecular formula is C25H21F3N6O2S2. The lowest BCUT2D eigenvalue weighted by Crippen LogP contribution is -2.40. The summed E-state index contributed by atoms with van der Waals surface area (Å²) in [6.45, 7) is 1.14. The first-order valence-electron chi connectivity index (χ1n) is 11.7. The molecule has 1 fully saturated rings. The van der Waals surface area contributed by atoms with Crippen molar-refractivity contribution in [3.05, 3.63) is 71.5 Å². The molecule has 13 heteroatoms. The minimum atomic E-state index is -5.42. The molecule has 0 amide bonds. The number of nitrogens with zero attached hydrogens (tertiary/aromatic N) is 5. The van der Waals surface area contributed by atoms with E-state index in [2.05, 4.69) is 26.3 Å². The molecule has 1 N–H and O–H groups in total. The summed E-state index contributed by atoms with van der Waals surface area (Å²) in [6.07, 6.45) is 2.87. The molecular weight excluding hydrogens is 537 g/mol. The summed E-state index contributed by atoms with van der Waals surface area (Å²) in [5, 5.41) is 13.7. The van der Waals surface area contributed by atoms with Crippen LogP contribution < -0.4 is 10.2 Å². The zero-order valence-corrected chi connectivity index (χ0v) is 21.4. The van der Waals surface area contributed by atoms with Crippen molar-refractivity contribution in [1.29, 1.82) is 5.26 Å². The van der Waals surface area contributed by atoms with E-state index in [1.54, 1.807) is 18.3 Å². The van der Waals surface area contributed by atoms with Crippen LogP contribution in [0.2, 0.25) is 0 Å². The van der Waals surface area contributed by atoms with Crippen LogP contribution in [0, 0.1) is 11.3 Å². The largest absolute Gasteiger partial charge is 0.501 e. The van der Waals surface area contributed by atoms with Crippen molar-refractivity contribution >= 4 is 43.0 Å². The Bertz CT molecular complexity index is 1580. The summed E-state index contributed by atoms with van der Waals surface area (Å²) in [6, 6.07) is 16.4. The fraction of sp³-hybridized carbons (Fsp3) is 0.280. The van der Waals surface area contributed by atoms with Crippen molar-refractivity contribution in [2.24, 2.45) is 0 Å². The van der Waals surface area contributed by atoms with E-state index in [1.165, 1.54) is 17.4 Å². The summed E-state index contributed by atoms with van der Waals surface area (Å²) in [7, 11) is -5.42. The van der Waals surface area contributed by atoms with Gasteiger partial charge in [0.2, 0.25) is 5.95 Å². The Kier molecular flexibility index (Phi) is 6.93. The second-order valence-corrected chi connectivity index (χ2v) is 11.7. The van der Waals surface area contributed by atoms with Crippen LogP contribution in [-0.4, -0.2) is 48.0 Å². The Labute approximate surface area is 220 Å². The van der Waals surface area contributed by atoms with Gasteiger partial charge in [0.15, 0.2) is 0 Å². The van der Waals surface area contributed by atoms with Crippen LogP contribution in [-0.2, 0) is 9.84 Å². The number of piperidine rings is 1. The first-order valence-corrected chi connectivity index (χ1v) is 14.0. The van der Waals surface area contributed by atoms with Crippen LogP contribution in [0.25, 0.3) is 10.2 Å². The Balaban J connectivity index is 1.26. The maximum Gasteiger partial charge on any atom is 0.501 e. The van der Waals surface area contributed by atoms with Gasteiger partial charge in [0.25, 0.3) is 9.84 Å². The third-order valence-electron chi connectivity index (χ3n) is 6.24. The number of alkyl halides is 3. The average molecular weight is 559 g/mol. The van der Waals surface area contributed by atoms with E-state index in [-0.39, 0.29) is 6.04 Å². The van der Waals surface area contributed by atoms with Crippen LogP contribution in [0.3, 0.4) is 0 Å². The SMILES string of the molecule is N#CC(c1ccnc(N2CCC(Nc3cccc(S(=O)(=O)C(F)(F)F)c3)CC2)n1)c1nc2ccccc2s1. The highest BCUT2D eigenvalue weighted by molar-refractivity contribution is 7.92. The quantitative estimate of drug-likeness (QED) is 0.347. The maximum atomic E-state index is 12.9. The van der Waals surface area contributed by atoms with Gasteiger partial charge in [0.1, 0.15) is 10.9 Å². The standard InChI is InChI=1S/C25H21F3N6O2S2/c26-25(27,28)38(35,36)18-5-3-4-17(14-18)31-16-9-12-34(13-10-16)24-30-11-8-20(33-24)19(15-29)23-32-21-6-1-2-7-22(21)37-23/h1-8,11,14,16,19,31H,9-10,12-13H2. The van der Waals surface area contributed by atoms with Gasteiger partial charge in [-0.15, -0.1) is 11.3 Å². The van der Waals surface area contributed by atoms with Gasteiger partial charge >= 0.3 is 5.51 Å². The smallest absolute Gasteiger partial charge is 0.382 e. The van der Waals surface area contributed by atoms with Crippen LogP contribution in [0.1, 0.15) is 29.5 Å². The number of hydrogen-bond acceptors (Lipinski definition) is 9. The molecule has 4 aromatic rings. The average Bonchev–Trinajstić information content (AvgIpc) is 3.33. The predicted molar refractivity (Wildman–Crippen MR) is 138 cm³/mol. The van der Waals surface area contributed by atoms with E-state index in [9.17, 15) is 26.9 Å². The molecule has 3 heterocycles. The second kappa shape index (κ2) is 10.2. The number of benzene rings is 2. The number of aromatic nitrogens is 3. The van der Waals surface area contributed by atoms with Gasteiger partial charge in [0, 0.05) is 31.0 Å². The number of hydrogen-bond donors (Lipinski definition) is 1. The summed E-state index contributed by atoms with van der Waals surface area (Å²) >= 11 is 1.46. The topological polar surface area (TPSA) is 112 Å². The van der Waals surface area contributed by atoms with Crippen molar-refractivity contribution in [3.8, 4) is 6.07 Å². The minimum absolute atomic E-state index is 0.0760. The monoisotopic (exact) mass is 558 g/mol. The molecule has 1 aliphatic rings. The molecule has 0 spiro atoms. The Morgan fingerprint density at radius 3 is 2.55 bits per heavy atom. The zero-order chi connectivity index (χ0) is 26.9. The molecule has 196 valence electrons. The third-order valence-corrected chi connectivity index (χ3v) is 8.83. The molecule has 1 atom stereocenters. The molecule has 2 aromatic heterocycles. The Morgan fingerprint density at radius 2 is 1.84 bits per heavy atom. The predicted octanol–water partition coefficient (Wildman–Crippen LogP) is 5.12.